The lowest BCUT2D eigenvalue weighted by molar-refractivity contribution is 0.216. The molecule has 1 aliphatic carbocycles. The summed E-state index contributed by atoms with van der Waals surface area (Å²) in [5, 5.41) is 2.74. The van der Waals surface area contributed by atoms with E-state index < -0.39 is 6.03 Å². The quantitative estimate of drug-likeness (QED) is 0.388. The van der Waals surface area contributed by atoms with Crippen LogP contribution in [0.2, 0.25) is 0 Å². The maximum Gasteiger partial charge on any atom is 0.352 e. The molecule has 0 heterocycles. The summed E-state index contributed by atoms with van der Waals surface area (Å²) in [5.74, 6) is 11.9. The van der Waals surface area contributed by atoms with Gasteiger partial charge in [-0.05, 0) is 36.0 Å². The lowest BCUT2D eigenvalue weighted by Crippen LogP contribution is -2.49. The van der Waals surface area contributed by atoms with Crippen molar-refractivity contribution in [2.75, 3.05) is 12.1 Å². The van der Waals surface area contributed by atoms with Crippen LogP contribution < -0.4 is 16.7 Å². The molecule has 0 atom stereocenters. The number of nitrogens with two attached hydrogens (primary N) is 2. The Kier molecular flexibility index (Phi) is 3.89. The standard InChI is InChI=1S/C12H17BrN4O/c1-16(14)12(18)17(15)11-4-2-3-9(8-5-6-8)10(11)7-13/h2-4,8H,5-7,14-15H2,1H3. The molecule has 5 nitrogen and oxygen atoms in total. The van der Waals surface area contributed by atoms with Gasteiger partial charge in [0, 0.05) is 12.4 Å². The molecule has 18 heavy (non-hydrogen) atoms. The number of halogens is 1. The van der Waals surface area contributed by atoms with Crippen molar-refractivity contribution >= 4 is 27.6 Å². The summed E-state index contributed by atoms with van der Waals surface area (Å²) in [6.45, 7) is 0. The number of rotatable bonds is 3. The number of hydrazine groups is 2. The number of carbonyl (C=O) groups excluding carboxylic acids is 1. The van der Waals surface area contributed by atoms with Gasteiger partial charge in [0.15, 0.2) is 0 Å². The highest BCUT2D eigenvalue weighted by Crippen LogP contribution is 2.44. The van der Waals surface area contributed by atoms with Crippen molar-refractivity contribution in [3.8, 4) is 0 Å². The molecule has 0 aromatic heterocycles. The highest BCUT2D eigenvalue weighted by molar-refractivity contribution is 9.08. The highest BCUT2D eigenvalue weighted by atomic mass is 79.9. The number of nitrogens with zero attached hydrogens (tertiary/aromatic N) is 2. The van der Waals surface area contributed by atoms with Crippen molar-refractivity contribution in [2.45, 2.75) is 24.1 Å². The van der Waals surface area contributed by atoms with Crippen LogP contribution in [0.1, 0.15) is 29.9 Å². The van der Waals surface area contributed by atoms with E-state index >= 15 is 0 Å². The summed E-state index contributed by atoms with van der Waals surface area (Å²) in [6.07, 6.45) is 2.41. The van der Waals surface area contributed by atoms with Gasteiger partial charge in [0.05, 0.1) is 5.69 Å². The lowest BCUT2D eigenvalue weighted by atomic mass is 10.0. The number of hydrogen-bond acceptors (Lipinski definition) is 3. The van der Waals surface area contributed by atoms with E-state index in [1.54, 1.807) is 0 Å². The molecule has 1 aromatic carbocycles. The SMILES string of the molecule is CN(N)C(=O)N(N)c1cccc(C2CC2)c1CBr. The molecule has 1 aromatic rings. The van der Waals surface area contributed by atoms with Gasteiger partial charge < -0.3 is 0 Å². The Morgan fingerprint density at radius 3 is 2.61 bits per heavy atom. The molecule has 98 valence electrons. The molecule has 0 unspecified atom stereocenters. The molecule has 0 saturated heterocycles. The van der Waals surface area contributed by atoms with Crippen LogP contribution in [0.5, 0.6) is 0 Å². The molecular weight excluding hydrogens is 296 g/mol. The predicted molar refractivity (Wildman–Crippen MR) is 75.1 cm³/mol. The molecule has 0 aliphatic heterocycles. The van der Waals surface area contributed by atoms with Crippen LogP contribution in [-0.4, -0.2) is 18.1 Å². The Balaban J connectivity index is 2.37. The number of benzene rings is 1. The van der Waals surface area contributed by atoms with E-state index in [-0.39, 0.29) is 0 Å². The van der Waals surface area contributed by atoms with Crippen LogP contribution in [0.15, 0.2) is 18.2 Å². The second kappa shape index (κ2) is 5.26. The minimum absolute atomic E-state index is 0.440. The zero-order valence-electron chi connectivity index (χ0n) is 10.3. The molecular formula is C12H17BrN4O. The molecule has 0 radical (unpaired) electrons. The van der Waals surface area contributed by atoms with Gasteiger partial charge in [0.25, 0.3) is 0 Å². The summed E-state index contributed by atoms with van der Waals surface area (Å²) in [4.78, 5) is 11.8. The number of hydrogen-bond donors (Lipinski definition) is 2. The normalized spacial score (nSPS) is 14.4. The number of anilines is 1. The summed E-state index contributed by atoms with van der Waals surface area (Å²) < 4.78 is 0. The van der Waals surface area contributed by atoms with Crippen molar-refractivity contribution < 1.29 is 4.79 Å². The third-order valence-electron chi connectivity index (χ3n) is 3.11. The average Bonchev–Trinajstić information content (AvgIpc) is 3.20. The van der Waals surface area contributed by atoms with Crippen LogP contribution in [0.25, 0.3) is 0 Å². The Labute approximate surface area is 115 Å². The fourth-order valence-electron chi connectivity index (χ4n) is 2.01. The Morgan fingerprint density at radius 2 is 2.11 bits per heavy atom. The fourth-order valence-corrected chi connectivity index (χ4v) is 2.62. The van der Waals surface area contributed by atoms with E-state index in [0.717, 1.165) is 15.6 Å². The molecule has 0 spiro atoms. The van der Waals surface area contributed by atoms with Gasteiger partial charge in [-0.25, -0.2) is 21.5 Å². The summed E-state index contributed by atoms with van der Waals surface area (Å²) in [7, 11) is 1.47. The molecule has 1 aliphatic rings. The van der Waals surface area contributed by atoms with E-state index in [2.05, 4.69) is 22.0 Å². The second-order valence-electron chi connectivity index (χ2n) is 4.52. The van der Waals surface area contributed by atoms with E-state index in [4.69, 9.17) is 11.7 Å². The number of urea groups is 1. The Morgan fingerprint density at radius 1 is 1.44 bits per heavy atom. The van der Waals surface area contributed by atoms with Gasteiger partial charge in [-0.15, -0.1) is 0 Å². The van der Waals surface area contributed by atoms with Gasteiger partial charge in [-0.1, -0.05) is 28.1 Å². The third-order valence-corrected chi connectivity index (χ3v) is 3.67. The van der Waals surface area contributed by atoms with Crippen molar-refractivity contribution in [3.05, 3.63) is 29.3 Å². The first-order valence-electron chi connectivity index (χ1n) is 5.81. The highest BCUT2D eigenvalue weighted by Gasteiger charge is 2.28. The Hall–Kier alpha value is -1.11. The van der Waals surface area contributed by atoms with Gasteiger partial charge in [-0.2, -0.15) is 0 Å². The van der Waals surface area contributed by atoms with E-state index in [9.17, 15) is 4.79 Å². The molecule has 0 bridgehead atoms. The van der Waals surface area contributed by atoms with Crippen molar-refractivity contribution in [3.63, 3.8) is 0 Å². The minimum atomic E-state index is -0.440. The molecule has 2 amide bonds. The second-order valence-corrected chi connectivity index (χ2v) is 5.08. The number of amides is 2. The van der Waals surface area contributed by atoms with Crippen molar-refractivity contribution in [2.24, 2.45) is 11.7 Å². The van der Waals surface area contributed by atoms with E-state index in [0.29, 0.717) is 16.9 Å². The zero-order valence-corrected chi connectivity index (χ0v) is 11.9. The topological polar surface area (TPSA) is 75.6 Å². The summed E-state index contributed by atoms with van der Waals surface area (Å²) in [6, 6.07) is 5.43. The average molecular weight is 313 g/mol. The van der Waals surface area contributed by atoms with Crippen molar-refractivity contribution in [1.82, 2.24) is 5.01 Å². The van der Waals surface area contributed by atoms with E-state index in [1.807, 2.05) is 12.1 Å². The summed E-state index contributed by atoms with van der Waals surface area (Å²) >= 11 is 3.47. The van der Waals surface area contributed by atoms with Gasteiger partial charge in [-0.3, -0.25) is 5.01 Å². The fraction of sp³-hybridized carbons (Fsp3) is 0.417. The largest absolute Gasteiger partial charge is 0.352 e. The smallest absolute Gasteiger partial charge is 0.264 e. The molecule has 2 rings (SSSR count). The third kappa shape index (κ3) is 2.50. The lowest BCUT2D eigenvalue weighted by Gasteiger charge is -2.24. The first-order chi connectivity index (χ1) is 8.56. The van der Waals surface area contributed by atoms with E-state index in [1.165, 1.54) is 25.5 Å². The van der Waals surface area contributed by atoms with Crippen LogP contribution >= 0.6 is 15.9 Å². The van der Waals surface area contributed by atoms with Crippen LogP contribution in [-0.2, 0) is 5.33 Å². The molecule has 1 saturated carbocycles. The first-order valence-corrected chi connectivity index (χ1v) is 6.93. The predicted octanol–water partition coefficient (Wildman–Crippen LogP) is 2.06. The van der Waals surface area contributed by atoms with Crippen molar-refractivity contribution in [1.29, 1.82) is 0 Å². The Bertz CT molecular complexity index is 459. The maximum absolute atomic E-state index is 11.8. The molecule has 4 N–H and O–H groups in total. The molecule has 1 fully saturated rings. The first kappa shape index (κ1) is 13.3. The monoisotopic (exact) mass is 312 g/mol. The van der Waals surface area contributed by atoms with Crippen LogP contribution in [0.4, 0.5) is 10.5 Å². The van der Waals surface area contributed by atoms with Gasteiger partial charge >= 0.3 is 6.03 Å². The molecule has 6 heteroatoms. The number of carbonyl (C=O) groups is 1. The van der Waals surface area contributed by atoms with Crippen LogP contribution in [0.3, 0.4) is 0 Å². The van der Waals surface area contributed by atoms with Gasteiger partial charge in [0.2, 0.25) is 0 Å². The minimum Gasteiger partial charge on any atom is -0.264 e. The maximum atomic E-state index is 11.8. The zero-order chi connectivity index (χ0) is 13.3. The van der Waals surface area contributed by atoms with Crippen LogP contribution in [0, 0.1) is 0 Å². The number of alkyl halides is 1. The van der Waals surface area contributed by atoms with Gasteiger partial charge in [0.1, 0.15) is 0 Å². The summed E-state index contributed by atoms with van der Waals surface area (Å²) in [5.41, 5.74) is 3.04.